The van der Waals surface area contributed by atoms with Crippen molar-refractivity contribution in [2.45, 2.75) is 24.3 Å². The molecule has 0 aliphatic carbocycles. The van der Waals surface area contributed by atoms with Gasteiger partial charge in [-0.15, -0.1) is 10.2 Å². The quantitative estimate of drug-likeness (QED) is 0.652. The summed E-state index contributed by atoms with van der Waals surface area (Å²) in [5.41, 5.74) is 1.75. The van der Waals surface area contributed by atoms with Crippen molar-refractivity contribution in [3.8, 4) is 5.69 Å². The number of nitrogens with one attached hydrogen (secondary N) is 1. The Morgan fingerprint density at radius 1 is 1.31 bits per heavy atom. The zero-order chi connectivity index (χ0) is 18.7. The number of amides is 1. The number of carbonyl (C=O) groups is 1. The van der Waals surface area contributed by atoms with Gasteiger partial charge in [0, 0.05) is 10.7 Å². The molecule has 1 atom stereocenters. The van der Waals surface area contributed by atoms with Gasteiger partial charge in [-0.2, -0.15) is 0 Å². The van der Waals surface area contributed by atoms with Crippen LogP contribution in [0.4, 0.5) is 10.1 Å². The first-order valence-electron chi connectivity index (χ1n) is 7.83. The standard InChI is InChI=1S/C18H16ClFN4OS/c1-11-6-7-14(9-16(11)20)22-17(25)12(2)26-18-23-21-10-24(18)15-5-3-4-13(19)8-15/h3-10,12H,1-2H3,(H,22,25). The molecule has 0 aliphatic rings. The number of rotatable bonds is 5. The molecule has 1 N–H and O–H groups in total. The summed E-state index contributed by atoms with van der Waals surface area (Å²) in [7, 11) is 0. The van der Waals surface area contributed by atoms with Crippen LogP contribution in [-0.2, 0) is 4.79 Å². The summed E-state index contributed by atoms with van der Waals surface area (Å²) >= 11 is 7.28. The first kappa shape index (κ1) is 18.4. The van der Waals surface area contributed by atoms with E-state index in [4.69, 9.17) is 11.6 Å². The van der Waals surface area contributed by atoms with E-state index in [0.29, 0.717) is 21.4 Å². The first-order valence-corrected chi connectivity index (χ1v) is 9.09. The molecule has 1 aromatic heterocycles. The van der Waals surface area contributed by atoms with Crippen molar-refractivity contribution in [2.75, 3.05) is 5.32 Å². The van der Waals surface area contributed by atoms with Crippen molar-refractivity contribution in [3.63, 3.8) is 0 Å². The SMILES string of the molecule is Cc1ccc(NC(=O)C(C)Sc2nncn2-c2cccc(Cl)c2)cc1F. The summed E-state index contributed by atoms with van der Waals surface area (Å²) in [5.74, 6) is -0.609. The highest BCUT2D eigenvalue weighted by atomic mass is 35.5. The summed E-state index contributed by atoms with van der Waals surface area (Å²) in [5, 5.41) is 11.4. The number of halogens is 2. The Hall–Kier alpha value is -2.38. The van der Waals surface area contributed by atoms with Crippen LogP contribution in [0.3, 0.4) is 0 Å². The second-order valence-electron chi connectivity index (χ2n) is 5.68. The third-order valence-corrected chi connectivity index (χ3v) is 4.99. The molecule has 3 aromatic rings. The molecule has 0 saturated carbocycles. The second kappa shape index (κ2) is 7.88. The van der Waals surface area contributed by atoms with Crippen molar-refractivity contribution >= 4 is 35.0 Å². The fourth-order valence-electron chi connectivity index (χ4n) is 2.23. The zero-order valence-electron chi connectivity index (χ0n) is 14.1. The lowest BCUT2D eigenvalue weighted by molar-refractivity contribution is -0.115. The van der Waals surface area contributed by atoms with Crippen LogP contribution in [0.25, 0.3) is 5.69 Å². The van der Waals surface area contributed by atoms with E-state index in [1.807, 2.05) is 12.1 Å². The fraction of sp³-hybridized carbons (Fsp3) is 0.167. The Bertz CT molecular complexity index is 946. The topological polar surface area (TPSA) is 59.8 Å². The van der Waals surface area contributed by atoms with Crippen LogP contribution in [0.2, 0.25) is 5.02 Å². The van der Waals surface area contributed by atoms with E-state index in [2.05, 4.69) is 15.5 Å². The maximum Gasteiger partial charge on any atom is 0.237 e. The molecule has 1 heterocycles. The normalized spacial score (nSPS) is 12.0. The molecule has 0 bridgehead atoms. The van der Waals surface area contributed by atoms with Gasteiger partial charge in [0.25, 0.3) is 0 Å². The molecule has 0 radical (unpaired) electrons. The fourth-order valence-corrected chi connectivity index (χ4v) is 3.26. The monoisotopic (exact) mass is 390 g/mol. The first-order chi connectivity index (χ1) is 12.4. The Morgan fingerprint density at radius 3 is 2.85 bits per heavy atom. The minimum atomic E-state index is -0.457. The summed E-state index contributed by atoms with van der Waals surface area (Å²) in [6.07, 6.45) is 1.56. The summed E-state index contributed by atoms with van der Waals surface area (Å²) in [4.78, 5) is 12.4. The van der Waals surface area contributed by atoms with E-state index in [0.717, 1.165) is 5.69 Å². The van der Waals surface area contributed by atoms with Gasteiger partial charge in [-0.3, -0.25) is 9.36 Å². The van der Waals surface area contributed by atoms with Gasteiger partial charge in [-0.05, 0) is 49.7 Å². The highest BCUT2D eigenvalue weighted by Gasteiger charge is 2.19. The highest BCUT2D eigenvalue weighted by molar-refractivity contribution is 8.00. The highest BCUT2D eigenvalue weighted by Crippen LogP contribution is 2.26. The number of hydrogen-bond donors (Lipinski definition) is 1. The molecule has 0 spiro atoms. The lowest BCUT2D eigenvalue weighted by atomic mass is 10.2. The lowest BCUT2D eigenvalue weighted by Crippen LogP contribution is -2.23. The van der Waals surface area contributed by atoms with Gasteiger partial charge in [0.1, 0.15) is 12.1 Å². The molecule has 134 valence electrons. The number of anilines is 1. The largest absolute Gasteiger partial charge is 0.325 e. The zero-order valence-corrected chi connectivity index (χ0v) is 15.7. The smallest absolute Gasteiger partial charge is 0.237 e. The van der Waals surface area contributed by atoms with E-state index in [-0.39, 0.29) is 11.7 Å². The number of aromatic nitrogens is 3. The molecule has 1 amide bonds. The number of thioether (sulfide) groups is 1. The maximum atomic E-state index is 13.6. The van der Waals surface area contributed by atoms with E-state index in [9.17, 15) is 9.18 Å². The van der Waals surface area contributed by atoms with Gasteiger partial charge < -0.3 is 5.32 Å². The molecule has 26 heavy (non-hydrogen) atoms. The van der Waals surface area contributed by atoms with Crippen LogP contribution in [0, 0.1) is 12.7 Å². The number of aryl methyl sites for hydroxylation is 1. The van der Waals surface area contributed by atoms with Crippen LogP contribution in [0.5, 0.6) is 0 Å². The molecule has 3 rings (SSSR count). The van der Waals surface area contributed by atoms with Crippen LogP contribution in [0.15, 0.2) is 53.9 Å². The third-order valence-electron chi connectivity index (χ3n) is 3.69. The summed E-state index contributed by atoms with van der Waals surface area (Å²) < 4.78 is 15.4. The minimum absolute atomic E-state index is 0.251. The van der Waals surface area contributed by atoms with E-state index >= 15 is 0 Å². The van der Waals surface area contributed by atoms with Gasteiger partial charge in [0.15, 0.2) is 5.16 Å². The number of carbonyl (C=O) groups excluding carboxylic acids is 1. The number of benzene rings is 2. The van der Waals surface area contributed by atoms with Crippen LogP contribution < -0.4 is 5.32 Å². The molecular weight excluding hydrogens is 375 g/mol. The maximum absolute atomic E-state index is 13.6. The molecule has 8 heteroatoms. The molecule has 0 fully saturated rings. The van der Waals surface area contributed by atoms with Crippen LogP contribution >= 0.6 is 23.4 Å². The van der Waals surface area contributed by atoms with Gasteiger partial charge in [0.05, 0.1) is 10.9 Å². The van der Waals surface area contributed by atoms with Crippen molar-refractivity contribution in [2.24, 2.45) is 0 Å². The number of hydrogen-bond acceptors (Lipinski definition) is 4. The summed E-state index contributed by atoms with van der Waals surface area (Å²) in [6, 6.07) is 11.9. The predicted molar refractivity (Wildman–Crippen MR) is 101 cm³/mol. The molecule has 0 saturated heterocycles. The van der Waals surface area contributed by atoms with Crippen molar-refractivity contribution in [3.05, 3.63) is 65.2 Å². The molecule has 5 nitrogen and oxygen atoms in total. The third kappa shape index (κ3) is 4.23. The molecular formula is C18H16ClFN4OS. The van der Waals surface area contributed by atoms with Crippen LogP contribution in [0.1, 0.15) is 12.5 Å². The van der Waals surface area contributed by atoms with E-state index in [1.165, 1.54) is 17.8 Å². The van der Waals surface area contributed by atoms with Crippen molar-refractivity contribution in [1.82, 2.24) is 14.8 Å². The van der Waals surface area contributed by atoms with Gasteiger partial charge in [-0.25, -0.2) is 4.39 Å². The molecule has 0 aliphatic heterocycles. The Balaban J connectivity index is 1.72. The predicted octanol–water partition coefficient (Wildman–Crippen LogP) is 4.49. The lowest BCUT2D eigenvalue weighted by Gasteiger charge is -2.13. The average molecular weight is 391 g/mol. The van der Waals surface area contributed by atoms with Crippen molar-refractivity contribution in [1.29, 1.82) is 0 Å². The van der Waals surface area contributed by atoms with E-state index in [1.54, 1.807) is 49.0 Å². The van der Waals surface area contributed by atoms with Crippen LogP contribution in [-0.4, -0.2) is 25.9 Å². The average Bonchev–Trinajstić information content (AvgIpc) is 3.06. The Labute approximate surface area is 159 Å². The van der Waals surface area contributed by atoms with Gasteiger partial charge in [-0.1, -0.05) is 35.5 Å². The second-order valence-corrected chi connectivity index (χ2v) is 7.42. The minimum Gasteiger partial charge on any atom is -0.325 e. The van der Waals surface area contributed by atoms with E-state index < -0.39 is 5.25 Å². The van der Waals surface area contributed by atoms with Gasteiger partial charge >= 0.3 is 0 Å². The molecule has 1 unspecified atom stereocenters. The Kier molecular flexibility index (Phi) is 5.58. The van der Waals surface area contributed by atoms with Gasteiger partial charge in [0.2, 0.25) is 5.91 Å². The summed E-state index contributed by atoms with van der Waals surface area (Å²) in [6.45, 7) is 3.42. The van der Waals surface area contributed by atoms with Crippen molar-refractivity contribution < 1.29 is 9.18 Å². The Morgan fingerprint density at radius 2 is 2.12 bits per heavy atom. The number of nitrogens with zero attached hydrogens (tertiary/aromatic N) is 3. The molecule has 2 aromatic carbocycles.